The number of allylic oxidation sites excluding steroid dienone is 1. The van der Waals surface area contributed by atoms with E-state index in [1.165, 1.54) is 0 Å². The van der Waals surface area contributed by atoms with Crippen molar-refractivity contribution in [3.63, 3.8) is 0 Å². The molecule has 0 amide bonds. The molecule has 1 aromatic rings. The van der Waals surface area contributed by atoms with Gasteiger partial charge in [0.1, 0.15) is 5.69 Å². The molecule has 0 fully saturated rings. The monoisotopic (exact) mass is 189 g/mol. The van der Waals surface area contributed by atoms with Gasteiger partial charge in [0.25, 0.3) is 0 Å². The zero-order valence-electron chi connectivity index (χ0n) is 8.49. The summed E-state index contributed by atoms with van der Waals surface area (Å²) in [6.07, 6.45) is 5.50. The van der Waals surface area contributed by atoms with Gasteiger partial charge in [-0.05, 0) is 24.5 Å². The fourth-order valence-corrected chi connectivity index (χ4v) is 1.33. The van der Waals surface area contributed by atoms with Gasteiger partial charge in [-0.3, -0.25) is 9.78 Å². The van der Waals surface area contributed by atoms with Crippen LogP contribution >= 0.6 is 0 Å². The normalized spacial score (nSPS) is 9.79. The van der Waals surface area contributed by atoms with Crippen molar-refractivity contribution < 1.29 is 4.79 Å². The van der Waals surface area contributed by atoms with Crippen LogP contribution in [0.15, 0.2) is 31.0 Å². The summed E-state index contributed by atoms with van der Waals surface area (Å²) >= 11 is 0. The van der Waals surface area contributed by atoms with E-state index in [9.17, 15) is 4.79 Å². The molecule has 2 nitrogen and oxygen atoms in total. The average molecular weight is 189 g/mol. The molecule has 14 heavy (non-hydrogen) atoms. The van der Waals surface area contributed by atoms with Crippen LogP contribution < -0.4 is 0 Å². The molecule has 0 aliphatic heterocycles. The van der Waals surface area contributed by atoms with E-state index in [-0.39, 0.29) is 5.78 Å². The number of aromatic nitrogens is 1. The molecule has 74 valence electrons. The topological polar surface area (TPSA) is 30.0 Å². The van der Waals surface area contributed by atoms with Gasteiger partial charge in [-0.1, -0.05) is 19.1 Å². The number of rotatable bonds is 5. The molecular weight excluding hydrogens is 174 g/mol. The van der Waals surface area contributed by atoms with Crippen LogP contribution in [0.5, 0.6) is 0 Å². The van der Waals surface area contributed by atoms with Crippen molar-refractivity contribution in [3.05, 3.63) is 42.2 Å². The summed E-state index contributed by atoms with van der Waals surface area (Å²) in [5, 5.41) is 0. The van der Waals surface area contributed by atoms with Crippen molar-refractivity contribution in [2.75, 3.05) is 0 Å². The summed E-state index contributed by atoms with van der Waals surface area (Å²) < 4.78 is 0. The molecule has 2 heteroatoms. The fourth-order valence-electron chi connectivity index (χ4n) is 1.33. The summed E-state index contributed by atoms with van der Waals surface area (Å²) in [5.41, 5.74) is 1.65. The Labute approximate surface area is 84.7 Å². The Morgan fingerprint density at radius 1 is 1.64 bits per heavy atom. The highest BCUT2D eigenvalue weighted by molar-refractivity contribution is 5.95. The van der Waals surface area contributed by atoms with Crippen molar-refractivity contribution >= 4 is 5.78 Å². The first-order valence-electron chi connectivity index (χ1n) is 4.87. The second kappa shape index (κ2) is 5.32. The second-order valence-electron chi connectivity index (χ2n) is 3.12. The largest absolute Gasteiger partial charge is 0.292 e. The highest BCUT2D eigenvalue weighted by Gasteiger charge is 2.09. The zero-order valence-corrected chi connectivity index (χ0v) is 8.49. The fraction of sp³-hybridized carbons (Fsp3) is 0.333. The van der Waals surface area contributed by atoms with Crippen LogP contribution in [0, 0.1) is 0 Å². The lowest BCUT2D eigenvalue weighted by Crippen LogP contribution is -2.05. The molecule has 0 unspecified atom stereocenters. The molecule has 1 rings (SSSR count). The Kier molecular flexibility index (Phi) is 4.05. The lowest BCUT2D eigenvalue weighted by atomic mass is 10.1. The van der Waals surface area contributed by atoms with Crippen molar-refractivity contribution in [1.29, 1.82) is 0 Å². The third kappa shape index (κ3) is 2.52. The Hall–Kier alpha value is -1.44. The molecular formula is C12H15NO. The predicted molar refractivity (Wildman–Crippen MR) is 57.4 cm³/mol. The maximum absolute atomic E-state index is 11.7. The number of nitrogens with zero attached hydrogens (tertiary/aromatic N) is 1. The van der Waals surface area contributed by atoms with E-state index in [4.69, 9.17) is 0 Å². The molecule has 0 atom stereocenters. The summed E-state index contributed by atoms with van der Waals surface area (Å²) in [6, 6.07) is 3.82. The molecule has 0 bridgehead atoms. The van der Waals surface area contributed by atoms with Crippen LogP contribution in [0.25, 0.3) is 0 Å². The van der Waals surface area contributed by atoms with E-state index < -0.39 is 0 Å². The Morgan fingerprint density at radius 2 is 2.43 bits per heavy atom. The van der Waals surface area contributed by atoms with Crippen LogP contribution in [-0.4, -0.2) is 10.8 Å². The second-order valence-corrected chi connectivity index (χ2v) is 3.12. The highest BCUT2D eigenvalue weighted by atomic mass is 16.1. The van der Waals surface area contributed by atoms with E-state index in [0.717, 1.165) is 18.4 Å². The van der Waals surface area contributed by atoms with Gasteiger partial charge < -0.3 is 0 Å². The van der Waals surface area contributed by atoms with Gasteiger partial charge in [-0.15, -0.1) is 6.58 Å². The first-order chi connectivity index (χ1) is 6.79. The van der Waals surface area contributed by atoms with Crippen molar-refractivity contribution in [3.8, 4) is 0 Å². The minimum atomic E-state index is 0.113. The molecule has 0 aliphatic carbocycles. The van der Waals surface area contributed by atoms with Crippen LogP contribution in [0.2, 0.25) is 0 Å². The van der Waals surface area contributed by atoms with E-state index in [2.05, 4.69) is 11.6 Å². The van der Waals surface area contributed by atoms with Gasteiger partial charge in [0.2, 0.25) is 0 Å². The van der Waals surface area contributed by atoms with Crippen LogP contribution in [0.1, 0.15) is 35.8 Å². The van der Waals surface area contributed by atoms with Crippen LogP contribution in [0.3, 0.4) is 0 Å². The van der Waals surface area contributed by atoms with Gasteiger partial charge in [-0.2, -0.15) is 0 Å². The van der Waals surface area contributed by atoms with Gasteiger partial charge in [-0.25, -0.2) is 0 Å². The first kappa shape index (κ1) is 10.6. The highest BCUT2D eigenvalue weighted by Crippen LogP contribution is 2.09. The lowest BCUT2D eigenvalue weighted by Gasteiger charge is -2.03. The lowest BCUT2D eigenvalue weighted by molar-refractivity contribution is 0.0978. The van der Waals surface area contributed by atoms with E-state index in [0.29, 0.717) is 12.1 Å². The SMILES string of the molecule is C=CCCC(=O)c1ncccc1CC. The molecule has 0 N–H and O–H groups in total. The van der Waals surface area contributed by atoms with Crippen LogP contribution in [-0.2, 0) is 6.42 Å². The van der Waals surface area contributed by atoms with Gasteiger partial charge >= 0.3 is 0 Å². The average Bonchev–Trinajstić information content (AvgIpc) is 2.25. The number of carbonyl (C=O) groups excluding carboxylic acids is 1. The van der Waals surface area contributed by atoms with Crippen LogP contribution in [0.4, 0.5) is 0 Å². The Morgan fingerprint density at radius 3 is 3.07 bits per heavy atom. The minimum Gasteiger partial charge on any atom is -0.292 e. The minimum absolute atomic E-state index is 0.113. The molecule has 0 spiro atoms. The van der Waals surface area contributed by atoms with E-state index >= 15 is 0 Å². The zero-order chi connectivity index (χ0) is 10.4. The van der Waals surface area contributed by atoms with Crippen molar-refractivity contribution in [1.82, 2.24) is 4.98 Å². The van der Waals surface area contributed by atoms with Gasteiger partial charge in [0.05, 0.1) is 0 Å². The van der Waals surface area contributed by atoms with Crippen molar-refractivity contribution in [2.24, 2.45) is 0 Å². The summed E-state index contributed by atoms with van der Waals surface area (Å²) in [6.45, 7) is 5.63. The van der Waals surface area contributed by atoms with Gasteiger partial charge in [0, 0.05) is 12.6 Å². The third-order valence-corrected chi connectivity index (χ3v) is 2.11. The summed E-state index contributed by atoms with van der Waals surface area (Å²) in [5.74, 6) is 0.113. The Bertz CT molecular complexity index is 331. The molecule has 0 radical (unpaired) electrons. The number of Topliss-reactive ketones (excluding diaryl/α,β-unsaturated/α-hetero) is 1. The predicted octanol–water partition coefficient (Wildman–Crippen LogP) is 2.79. The number of aryl methyl sites for hydroxylation is 1. The summed E-state index contributed by atoms with van der Waals surface area (Å²) in [7, 11) is 0. The number of hydrogen-bond acceptors (Lipinski definition) is 2. The van der Waals surface area contributed by atoms with E-state index in [1.54, 1.807) is 12.3 Å². The smallest absolute Gasteiger partial charge is 0.181 e. The maximum atomic E-state index is 11.7. The molecule has 1 heterocycles. The molecule has 0 saturated heterocycles. The first-order valence-corrected chi connectivity index (χ1v) is 4.87. The standard InChI is InChI=1S/C12H15NO/c1-3-5-8-11(14)12-10(4-2)7-6-9-13-12/h3,6-7,9H,1,4-5,8H2,2H3. The number of ketones is 1. The Balaban J connectivity index is 2.82. The number of carbonyl (C=O) groups is 1. The van der Waals surface area contributed by atoms with Gasteiger partial charge in [0.15, 0.2) is 5.78 Å². The molecule has 0 aromatic carbocycles. The molecule has 0 aliphatic rings. The molecule has 1 aromatic heterocycles. The number of hydrogen-bond donors (Lipinski definition) is 0. The van der Waals surface area contributed by atoms with E-state index in [1.807, 2.05) is 19.1 Å². The third-order valence-electron chi connectivity index (χ3n) is 2.11. The summed E-state index contributed by atoms with van der Waals surface area (Å²) in [4.78, 5) is 15.8. The maximum Gasteiger partial charge on any atom is 0.181 e. The number of pyridine rings is 1. The molecule has 0 saturated carbocycles. The van der Waals surface area contributed by atoms with Crippen molar-refractivity contribution in [2.45, 2.75) is 26.2 Å². The quantitative estimate of drug-likeness (QED) is 0.526.